The topological polar surface area (TPSA) is 49.6 Å². The van der Waals surface area contributed by atoms with Crippen LogP contribution < -0.4 is 10.6 Å². The van der Waals surface area contributed by atoms with Gasteiger partial charge in [-0.05, 0) is 25.1 Å². The maximum absolute atomic E-state index is 12.5. The van der Waals surface area contributed by atoms with Crippen molar-refractivity contribution in [3.8, 4) is 0 Å². The lowest BCUT2D eigenvalue weighted by Gasteiger charge is -2.25. The number of nitrogens with zero attached hydrogens (tertiary/aromatic N) is 2. The first-order valence-electron chi connectivity index (χ1n) is 6.97. The maximum Gasteiger partial charge on any atom is 0.243 e. The number of para-hydroxylation sites is 1. The highest BCUT2D eigenvalue weighted by Crippen LogP contribution is 2.25. The number of amides is 1. The second-order valence-electron chi connectivity index (χ2n) is 5.25. The van der Waals surface area contributed by atoms with Crippen LogP contribution in [0.2, 0.25) is 0 Å². The molecule has 104 valence electrons. The lowest BCUT2D eigenvalue weighted by molar-refractivity contribution is -0.120. The molecule has 0 aliphatic carbocycles. The lowest BCUT2D eigenvalue weighted by Crippen LogP contribution is -2.45. The highest BCUT2D eigenvalue weighted by molar-refractivity contribution is 5.97. The molecule has 1 unspecified atom stereocenters. The minimum Gasteiger partial charge on any atom is -0.320 e. The molecule has 4 heteroatoms. The first-order valence-corrected chi connectivity index (χ1v) is 6.97. The van der Waals surface area contributed by atoms with Crippen LogP contribution >= 0.6 is 0 Å². The average molecular weight is 261 g/mol. The summed E-state index contributed by atoms with van der Waals surface area (Å²) in [6, 6.07) is 7.72. The van der Waals surface area contributed by atoms with Crippen molar-refractivity contribution >= 4 is 11.6 Å². The smallest absolute Gasteiger partial charge is 0.243 e. The first kappa shape index (κ1) is 14.0. The van der Waals surface area contributed by atoms with Crippen LogP contribution in [-0.4, -0.2) is 37.0 Å². The van der Waals surface area contributed by atoms with Crippen LogP contribution in [0.15, 0.2) is 24.3 Å². The summed E-state index contributed by atoms with van der Waals surface area (Å²) in [5, 5.41) is 0. The van der Waals surface area contributed by atoms with E-state index in [1.807, 2.05) is 23.1 Å². The van der Waals surface area contributed by atoms with Gasteiger partial charge in [0.05, 0.1) is 6.04 Å². The fourth-order valence-corrected chi connectivity index (χ4v) is 2.53. The predicted molar refractivity (Wildman–Crippen MR) is 78.0 cm³/mol. The van der Waals surface area contributed by atoms with Gasteiger partial charge in [0.2, 0.25) is 5.91 Å². The van der Waals surface area contributed by atoms with E-state index in [1.54, 1.807) is 0 Å². The Bertz CT molecular complexity index is 447. The van der Waals surface area contributed by atoms with Crippen LogP contribution in [-0.2, 0) is 11.3 Å². The monoisotopic (exact) mass is 261 g/mol. The highest BCUT2D eigenvalue weighted by Gasteiger charge is 2.25. The van der Waals surface area contributed by atoms with Crippen molar-refractivity contribution < 1.29 is 4.79 Å². The molecule has 1 heterocycles. The van der Waals surface area contributed by atoms with Gasteiger partial charge in [0, 0.05) is 25.3 Å². The van der Waals surface area contributed by atoms with Crippen LogP contribution in [0.25, 0.3) is 0 Å². The lowest BCUT2D eigenvalue weighted by atomic mass is 10.1. The van der Waals surface area contributed by atoms with E-state index in [-0.39, 0.29) is 11.9 Å². The zero-order chi connectivity index (χ0) is 13.8. The van der Waals surface area contributed by atoms with Gasteiger partial charge in [-0.1, -0.05) is 31.5 Å². The number of likely N-dealkylation sites (N-methyl/N-ethyl adjacent to an activating group) is 1. The van der Waals surface area contributed by atoms with Crippen molar-refractivity contribution in [1.29, 1.82) is 0 Å². The van der Waals surface area contributed by atoms with Gasteiger partial charge in [-0.25, -0.2) is 0 Å². The summed E-state index contributed by atoms with van der Waals surface area (Å²) in [4.78, 5) is 16.6. The summed E-state index contributed by atoms with van der Waals surface area (Å²) in [6.45, 7) is 4.52. The molecular weight excluding hydrogens is 238 g/mol. The number of rotatable bonds is 3. The highest BCUT2D eigenvalue weighted by atomic mass is 16.2. The van der Waals surface area contributed by atoms with E-state index in [0.29, 0.717) is 6.54 Å². The Labute approximate surface area is 115 Å². The summed E-state index contributed by atoms with van der Waals surface area (Å²) >= 11 is 0. The number of carbonyl (C=O) groups is 1. The third-order valence-corrected chi connectivity index (χ3v) is 3.61. The first-order chi connectivity index (χ1) is 9.13. The number of anilines is 1. The van der Waals surface area contributed by atoms with Crippen molar-refractivity contribution in [3.63, 3.8) is 0 Å². The summed E-state index contributed by atoms with van der Waals surface area (Å²) in [6.07, 6.45) is 1.68. The van der Waals surface area contributed by atoms with E-state index in [2.05, 4.69) is 24.9 Å². The van der Waals surface area contributed by atoms with Gasteiger partial charge in [0.15, 0.2) is 0 Å². The molecule has 0 saturated carbocycles. The fraction of sp³-hybridized carbons (Fsp3) is 0.533. The second kappa shape index (κ2) is 6.17. The quantitative estimate of drug-likeness (QED) is 0.899. The van der Waals surface area contributed by atoms with Gasteiger partial charge >= 0.3 is 0 Å². The molecule has 0 saturated heterocycles. The van der Waals surface area contributed by atoms with Crippen molar-refractivity contribution in [2.45, 2.75) is 32.4 Å². The van der Waals surface area contributed by atoms with E-state index in [4.69, 9.17) is 5.73 Å². The van der Waals surface area contributed by atoms with Crippen LogP contribution in [0.5, 0.6) is 0 Å². The van der Waals surface area contributed by atoms with Crippen LogP contribution in [0.3, 0.4) is 0 Å². The number of benzene rings is 1. The molecule has 0 aromatic heterocycles. The molecule has 1 aliphatic heterocycles. The normalized spacial score (nSPS) is 17.7. The summed E-state index contributed by atoms with van der Waals surface area (Å²) in [7, 11) is 2.08. The zero-order valence-electron chi connectivity index (χ0n) is 11.8. The Kier molecular flexibility index (Phi) is 4.56. The summed E-state index contributed by atoms with van der Waals surface area (Å²) < 4.78 is 0. The fourth-order valence-electron chi connectivity index (χ4n) is 2.53. The summed E-state index contributed by atoms with van der Waals surface area (Å²) in [5.74, 6) is 0.0459. The predicted octanol–water partition coefficient (Wildman–Crippen LogP) is 1.59. The molecule has 1 aliphatic rings. The molecule has 19 heavy (non-hydrogen) atoms. The van der Waals surface area contributed by atoms with E-state index in [0.717, 1.165) is 31.6 Å². The van der Waals surface area contributed by atoms with Gasteiger partial charge in [-0.3, -0.25) is 4.79 Å². The number of carbonyl (C=O) groups excluding carboxylic acids is 1. The molecule has 0 spiro atoms. The second-order valence-corrected chi connectivity index (χ2v) is 5.25. The van der Waals surface area contributed by atoms with Crippen molar-refractivity contribution in [2.24, 2.45) is 5.73 Å². The minimum absolute atomic E-state index is 0.0459. The standard InChI is InChI=1S/C15H23N3O/c1-3-6-13(16)15(19)18-10-9-17(2)11-12-7-4-5-8-14(12)18/h4-5,7-8,13H,3,6,9-11,16H2,1-2H3. The van der Waals surface area contributed by atoms with E-state index >= 15 is 0 Å². The Balaban J connectivity index is 2.28. The largest absolute Gasteiger partial charge is 0.320 e. The summed E-state index contributed by atoms with van der Waals surface area (Å²) in [5.41, 5.74) is 8.21. The third kappa shape index (κ3) is 3.14. The Morgan fingerprint density at radius 2 is 2.11 bits per heavy atom. The average Bonchev–Trinajstić information content (AvgIpc) is 2.56. The molecule has 0 radical (unpaired) electrons. The molecule has 2 N–H and O–H groups in total. The number of nitrogens with two attached hydrogens (primary N) is 1. The molecule has 0 fully saturated rings. The van der Waals surface area contributed by atoms with Gasteiger partial charge in [-0.2, -0.15) is 0 Å². The molecule has 4 nitrogen and oxygen atoms in total. The van der Waals surface area contributed by atoms with Gasteiger partial charge in [0.25, 0.3) is 0 Å². The van der Waals surface area contributed by atoms with Crippen molar-refractivity contribution in [1.82, 2.24) is 4.90 Å². The molecular formula is C15H23N3O. The molecule has 0 bridgehead atoms. The van der Waals surface area contributed by atoms with E-state index in [9.17, 15) is 4.79 Å². The number of fused-ring (bicyclic) bond motifs is 1. The SMILES string of the molecule is CCCC(N)C(=O)N1CCN(C)Cc2ccccc21. The number of hydrogen-bond donors (Lipinski definition) is 1. The molecule has 2 rings (SSSR count). The zero-order valence-corrected chi connectivity index (χ0v) is 11.8. The van der Waals surface area contributed by atoms with Gasteiger partial charge in [0.1, 0.15) is 0 Å². The minimum atomic E-state index is -0.388. The van der Waals surface area contributed by atoms with Crippen molar-refractivity contribution in [3.05, 3.63) is 29.8 Å². The van der Waals surface area contributed by atoms with Gasteiger partial charge in [-0.15, -0.1) is 0 Å². The van der Waals surface area contributed by atoms with Crippen LogP contribution in [0, 0.1) is 0 Å². The van der Waals surface area contributed by atoms with Crippen LogP contribution in [0.1, 0.15) is 25.3 Å². The Morgan fingerprint density at radius 1 is 1.37 bits per heavy atom. The molecule has 1 atom stereocenters. The maximum atomic E-state index is 12.5. The van der Waals surface area contributed by atoms with Crippen molar-refractivity contribution in [2.75, 3.05) is 25.0 Å². The van der Waals surface area contributed by atoms with E-state index < -0.39 is 0 Å². The Hall–Kier alpha value is -1.39. The van der Waals surface area contributed by atoms with Crippen LogP contribution in [0.4, 0.5) is 5.69 Å². The Morgan fingerprint density at radius 3 is 2.84 bits per heavy atom. The molecule has 1 amide bonds. The van der Waals surface area contributed by atoms with Gasteiger partial charge < -0.3 is 15.5 Å². The molecule has 1 aromatic rings. The third-order valence-electron chi connectivity index (χ3n) is 3.61. The van der Waals surface area contributed by atoms with E-state index in [1.165, 1.54) is 5.56 Å². The molecule has 1 aromatic carbocycles. The number of hydrogen-bond acceptors (Lipinski definition) is 3.